The zero-order valence-corrected chi connectivity index (χ0v) is 18.3. The molecule has 4 rings (SSSR count). The van der Waals surface area contributed by atoms with Crippen molar-refractivity contribution in [2.75, 3.05) is 11.1 Å². The molecule has 2 unspecified atom stereocenters. The highest BCUT2D eigenvalue weighted by molar-refractivity contribution is 7.99. The van der Waals surface area contributed by atoms with E-state index in [1.165, 1.54) is 30.0 Å². The topological polar surface area (TPSA) is 135 Å². The molecule has 1 aliphatic heterocycles. The minimum absolute atomic E-state index is 0.177. The van der Waals surface area contributed by atoms with Gasteiger partial charge in [0.05, 0.1) is 16.9 Å². The number of carbonyl (C=O) groups is 1. The van der Waals surface area contributed by atoms with Gasteiger partial charge < -0.3 is 16.4 Å². The van der Waals surface area contributed by atoms with Crippen molar-refractivity contribution in [1.82, 2.24) is 30.8 Å². The summed E-state index contributed by atoms with van der Waals surface area (Å²) in [6.45, 7) is 0. The van der Waals surface area contributed by atoms with Gasteiger partial charge in [0.15, 0.2) is 12.2 Å². The van der Waals surface area contributed by atoms with Gasteiger partial charge in [-0.15, -0.1) is 5.10 Å². The maximum Gasteiger partial charge on any atom is 0.418 e. The van der Waals surface area contributed by atoms with Crippen LogP contribution in [0.25, 0.3) is 5.69 Å². The van der Waals surface area contributed by atoms with Crippen molar-refractivity contribution >= 4 is 29.3 Å². The van der Waals surface area contributed by atoms with Crippen LogP contribution in [0.2, 0.25) is 0 Å². The zero-order valence-electron chi connectivity index (χ0n) is 17.5. The predicted octanol–water partition coefficient (Wildman–Crippen LogP) is 1.96. The number of thioether (sulfide) groups is 1. The molecule has 1 saturated heterocycles. The maximum atomic E-state index is 13.2. The van der Waals surface area contributed by atoms with Crippen LogP contribution in [0.5, 0.6) is 0 Å². The Morgan fingerprint density at radius 2 is 1.94 bits per heavy atom. The van der Waals surface area contributed by atoms with E-state index in [1.54, 1.807) is 4.68 Å². The van der Waals surface area contributed by atoms with Crippen molar-refractivity contribution < 1.29 is 18.0 Å². The molecule has 178 valence electrons. The summed E-state index contributed by atoms with van der Waals surface area (Å²) < 4.78 is 41.2. The summed E-state index contributed by atoms with van der Waals surface area (Å²) in [5.74, 6) is -0.114. The summed E-state index contributed by atoms with van der Waals surface area (Å²) in [5.41, 5.74) is 5.50. The van der Waals surface area contributed by atoms with E-state index in [0.29, 0.717) is 10.9 Å². The van der Waals surface area contributed by atoms with E-state index in [1.807, 2.05) is 30.3 Å². The van der Waals surface area contributed by atoms with Crippen molar-refractivity contribution in [3.8, 4) is 5.69 Å². The van der Waals surface area contributed by atoms with Crippen LogP contribution in [-0.2, 0) is 11.0 Å². The Hall–Kier alpha value is -3.65. The molecule has 0 radical (unpaired) electrons. The number of rotatable bonds is 6. The number of alkyl halides is 3. The summed E-state index contributed by atoms with van der Waals surface area (Å²) in [5, 5.41) is 20.4. The van der Waals surface area contributed by atoms with E-state index in [9.17, 15) is 18.0 Å². The lowest BCUT2D eigenvalue weighted by molar-refractivity contribution is -0.137. The van der Waals surface area contributed by atoms with Crippen molar-refractivity contribution in [3.63, 3.8) is 0 Å². The Labute approximate surface area is 196 Å². The normalized spacial score (nSPS) is 19.0. The van der Waals surface area contributed by atoms with Crippen LogP contribution < -0.4 is 21.7 Å². The number of tetrazole rings is 1. The van der Waals surface area contributed by atoms with Crippen molar-refractivity contribution in [2.24, 2.45) is 10.7 Å². The molecule has 0 aliphatic carbocycles. The molecule has 0 spiro atoms. The fraction of sp³-hybridized carbons (Fsp3) is 0.250. The molecule has 1 aromatic heterocycles. The van der Waals surface area contributed by atoms with Crippen LogP contribution in [0, 0.1) is 0 Å². The highest BCUT2D eigenvalue weighted by Gasteiger charge is 2.33. The third kappa shape index (κ3) is 5.82. The van der Waals surface area contributed by atoms with E-state index < -0.39 is 18.0 Å². The number of halogens is 3. The van der Waals surface area contributed by atoms with Gasteiger partial charge in [0.2, 0.25) is 11.1 Å². The van der Waals surface area contributed by atoms with Gasteiger partial charge >= 0.3 is 6.18 Å². The third-order valence-corrected chi connectivity index (χ3v) is 5.82. The second-order valence-corrected chi connectivity index (χ2v) is 8.23. The minimum atomic E-state index is -4.56. The number of anilines is 1. The summed E-state index contributed by atoms with van der Waals surface area (Å²) in [4.78, 5) is 16.3. The Kier molecular flexibility index (Phi) is 6.98. The first-order chi connectivity index (χ1) is 16.3. The molecule has 34 heavy (non-hydrogen) atoms. The Morgan fingerprint density at radius 3 is 2.71 bits per heavy atom. The van der Waals surface area contributed by atoms with Gasteiger partial charge in [-0.05, 0) is 34.7 Å². The number of amides is 1. The monoisotopic (exact) mass is 491 g/mol. The largest absolute Gasteiger partial charge is 0.418 e. The minimum Gasteiger partial charge on any atom is -0.370 e. The molecule has 0 saturated carbocycles. The number of nitrogens with two attached hydrogens (primary N) is 1. The molecular weight excluding hydrogens is 471 g/mol. The van der Waals surface area contributed by atoms with E-state index in [-0.39, 0.29) is 30.0 Å². The third-order valence-electron chi connectivity index (χ3n) is 4.74. The summed E-state index contributed by atoms with van der Waals surface area (Å²) in [6, 6.07) is 14.0. The molecule has 2 heterocycles. The molecule has 1 fully saturated rings. The number of aliphatic imine (C=N–C) groups is 1. The van der Waals surface area contributed by atoms with Gasteiger partial charge in [-0.2, -0.15) is 17.9 Å². The van der Waals surface area contributed by atoms with Gasteiger partial charge in [0.1, 0.15) is 0 Å². The fourth-order valence-electron chi connectivity index (χ4n) is 3.26. The van der Waals surface area contributed by atoms with E-state index in [0.717, 1.165) is 11.8 Å². The first-order valence-electron chi connectivity index (χ1n) is 10.1. The summed E-state index contributed by atoms with van der Waals surface area (Å²) >= 11 is 1.35. The van der Waals surface area contributed by atoms with Gasteiger partial charge in [0, 0.05) is 18.2 Å². The predicted molar refractivity (Wildman–Crippen MR) is 120 cm³/mol. The van der Waals surface area contributed by atoms with E-state index in [2.05, 4.69) is 36.5 Å². The Bertz CT molecular complexity index is 1170. The first-order valence-corrected chi connectivity index (χ1v) is 11.1. The number of hydrogen-bond acceptors (Lipinski definition) is 7. The number of carbonyl (C=O) groups excluding carboxylic acids is 1. The number of guanidine groups is 1. The molecule has 10 nitrogen and oxygen atoms in total. The molecule has 1 amide bonds. The molecule has 3 aromatic rings. The fourth-order valence-corrected chi connectivity index (χ4v) is 4.18. The Morgan fingerprint density at radius 1 is 1.21 bits per heavy atom. The number of para-hydroxylation sites is 2. The average molecular weight is 492 g/mol. The lowest BCUT2D eigenvalue weighted by Crippen LogP contribution is -2.57. The summed E-state index contributed by atoms with van der Waals surface area (Å²) in [7, 11) is 0. The number of hydrogen-bond donors (Lipinski definition) is 4. The molecule has 5 N–H and O–H groups in total. The van der Waals surface area contributed by atoms with Gasteiger partial charge in [-0.25, -0.2) is 4.99 Å². The van der Waals surface area contributed by atoms with Crippen LogP contribution in [0.4, 0.5) is 18.9 Å². The van der Waals surface area contributed by atoms with Gasteiger partial charge in [0.25, 0.3) is 0 Å². The molecule has 2 atom stereocenters. The van der Waals surface area contributed by atoms with Gasteiger partial charge in [-0.3, -0.25) is 10.1 Å². The van der Waals surface area contributed by atoms with Crippen LogP contribution in [0.3, 0.4) is 0 Å². The second kappa shape index (κ2) is 10.1. The SMILES string of the molecule is N/C(=N\C1NC(=O)CC(CSc2nnnn2-c2ccccc2)N1)Nc1ccccc1C(F)(F)F. The smallest absolute Gasteiger partial charge is 0.370 e. The van der Waals surface area contributed by atoms with Crippen molar-refractivity contribution in [3.05, 3.63) is 60.2 Å². The maximum absolute atomic E-state index is 13.2. The highest BCUT2D eigenvalue weighted by Crippen LogP contribution is 2.34. The molecule has 1 aliphatic rings. The van der Waals surface area contributed by atoms with Crippen LogP contribution in [0.1, 0.15) is 12.0 Å². The number of aromatic nitrogens is 4. The number of nitrogens with zero attached hydrogens (tertiary/aromatic N) is 5. The van der Waals surface area contributed by atoms with Crippen molar-refractivity contribution in [1.29, 1.82) is 0 Å². The lowest BCUT2D eigenvalue weighted by Gasteiger charge is -2.29. The summed E-state index contributed by atoms with van der Waals surface area (Å²) in [6.07, 6.45) is -5.29. The van der Waals surface area contributed by atoms with Crippen molar-refractivity contribution in [2.45, 2.75) is 30.1 Å². The van der Waals surface area contributed by atoms with E-state index in [4.69, 9.17) is 5.73 Å². The quantitative estimate of drug-likeness (QED) is 0.234. The lowest BCUT2D eigenvalue weighted by atomic mass is 10.1. The van der Waals surface area contributed by atoms with Gasteiger partial charge in [-0.1, -0.05) is 42.1 Å². The average Bonchev–Trinajstić information content (AvgIpc) is 3.26. The van der Waals surface area contributed by atoms with E-state index >= 15 is 0 Å². The molecule has 2 aromatic carbocycles. The number of benzene rings is 2. The second-order valence-electron chi connectivity index (χ2n) is 7.24. The highest BCUT2D eigenvalue weighted by atomic mass is 32.2. The van der Waals surface area contributed by atoms with Crippen LogP contribution >= 0.6 is 11.8 Å². The Balaban J connectivity index is 1.40. The standard InChI is InChI=1S/C20H20F3N9OS/c21-20(22,23)14-8-4-5-9-15(14)26-17(24)28-18-25-12(10-16(33)27-18)11-34-19-29-30-31-32(19)13-6-2-1-3-7-13/h1-9,12,18,25H,10-11H2,(H,27,33)(H3,24,26,28). The first kappa shape index (κ1) is 23.5. The van der Waals surface area contributed by atoms with Crippen LogP contribution in [0.15, 0.2) is 64.7 Å². The molecular formula is C20H20F3N9OS. The molecule has 14 heteroatoms. The molecule has 0 bridgehead atoms. The van der Waals surface area contributed by atoms with Crippen LogP contribution in [-0.4, -0.2) is 50.2 Å². The zero-order chi connectivity index (χ0) is 24.1. The number of nitrogens with one attached hydrogen (secondary N) is 3.